The molecular weight excluding hydrogens is 335 g/mol. The number of amidine groups is 1. The Bertz CT molecular complexity index is 1030. The molecule has 0 aliphatic carbocycles. The summed E-state index contributed by atoms with van der Waals surface area (Å²) in [4.78, 5) is 17.1. The highest BCUT2D eigenvalue weighted by molar-refractivity contribution is 8.18. The van der Waals surface area contributed by atoms with Crippen LogP contribution in [0.5, 0.6) is 0 Å². The van der Waals surface area contributed by atoms with Crippen LogP contribution in [0, 0.1) is 5.82 Å². The van der Waals surface area contributed by atoms with Crippen LogP contribution in [0.15, 0.2) is 76.6 Å². The van der Waals surface area contributed by atoms with Crippen LogP contribution in [0.2, 0.25) is 0 Å². The van der Waals surface area contributed by atoms with E-state index in [2.05, 4.69) is 10.3 Å². The lowest BCUT2D eigenvalue weighted by atomic mass is 10.1. The van der Waals surface area contributed by atoms with Crippen molar-refractivity contribution in [2.24, 2.45) is 4.99 Å². The summed E-state index contributed by atoms with van der Waals surface area (Å²) >= 11 is 1.27. The molecular formula is C20H13FN2OS. The Balaban J connectivity index is 1.60. The molecule has 0 aromatic heterocycles. The zero-order valence-corrected chi connectivity index (χ0v) is 13.9. The number of aliphatic imine (C=N–C) groups is 1. The third kappa shape index (κ3) is 3.46. The van der Waals surface area contributed by atoms with Crippen LogP contribution in [0.4, 0.5) is 10.1 Å². The Morgan fingerprint density at radius 1 is 0.960 bits per heavy atom. The van der Waals surface area contributed by atoms with Gasteiger partial charge in [0.25, 0.3) is 5.91 Å². The van der Waals surface area contributed by atoms with E-state index in [1.165, 1.54) is 23.9 Å². The Morgan fingerprint density at radius 2 is 1.72 bits per heavy atom. The summed E-state index contributed by atoms with van der Waals surface area (Å²) in [5, 5.41) is 5.54. The summed E-state index contributed by atoms with van der Waals surface area (Å²) in [6, 6.07) is 20.0. The van der Waals surface area contributed by atoms with Crippen molar-refractivity contribution >= 4 is 45.4 Å². The minimum absolute atomic E-state index is 0.200. The molecule has 0 unspecified atom stereocenters. The SMILES string of the molecule is O=C1NC(=Nc2ccc3ccccc3c2)S/C1=C\c1ccc(F)cc1. The van der Waals surface area contributed by atoms with E-state index in [1.54, 1.807) is 18.2 Å². The molecule has 1 heterocycles. The lowest BCUT2D eigenvalue weighted by Gasteiger charge is -2.00. The number of carbonyl (C=O) groups excluding carboxylic acids is 1. The number of amides is 1. The van der Waals surface area contributed by atoms with Gasteiger partial charge in [0.2, 0.25) is 0 Å². The van der Waals surface area contributed by atoms with Crippen molar-refractivity contribution < 1.29 is 9.18 Å². The fraction of sp³-hybridized carbons (Fsp3) is 0. The third-order valence-electron chi connectivity index (χ3n) is 3.78. The molecule has 122 valence electrons. The molecule has 0 atom stereocenters. The molecule has 5 heteroatoms. The Hall–Kier alpha value is -2.92. The first-order chi connectivity index (χ1) is 12.2. The second kappa shape index (κ2) is 6.53. The van der Waals surface area contributed by atoms with Crippen LogP contribution in [-0.4, -0.2) is 11.1 Å². The normalized spacial score (nSPS) is 17.4. The maximum Gasteiger partial charge on any atom is 0.264 e. The highest BCUT2D eigenvalue weighted by Gasteiger charge is 2.23. The predicted molar refractivity (Wildman–Crippen MR) is 101 cm³/mol. The van der Waals surface area contributed by atoms with Crippen LogP contribution in [0.3, 0.4) is 0 Å². The monoisotopic (exact) mass is 348 g/mol. The highest BCUT2D eigenvalue weighted by Crippen LogP contribution is 2.29. The summed E-state index contributed by atoms with van der Waals surface area (Å²) in [6.45, 7) is 0. The Labute approximate surface area is 148 Å². The van der Waals surface area contributed by atoms with Crippen molar-refractivity contribution in [3.05, 3.63) is 83.0 Å². The molecule has 1 aliphatic heterocycles. The second-order valence-electron chi connectivity index (χ2n) is 5.56. The number of hydrogen-bond donors (Lipinski definition) is 1. The smallest absolute Gasteiger partial charge is 0.264 e. The van der Waals surface area contributed by atoms with Gasteiger partial charge in [0, 0.05) is 0 Å². The van der Waals surface area contributed by atoms with E-state index >= 15 is 0 Å². The third-order valence-corrected chi connectivity index (χ3v) is 4.69. The van der Waals surface area contributed by atoms with Crippen molar-refractivity contribution in [1.82, 2.24) is 5.32 Å². The van der Waals surface area contributed by atoms with Crippen LogP contribution in [0.1, 0.15) is 5.56 Å². The molecule has 1 amide bonds. The second-order valence-corrected chi connectivity index (χ2v) is 6.60. The summed E-state index contributed by atoms with van der Waals surface area (Å²) in [5.74, 6) is -0.502. The molecule has 1 N–H and O–H groups in total. The Morgan fingerprint density at radius 3 is 2.52 bits per heavy atom. The number of halogens is 1. The summed E-state index contributed by atoms with van der Waals surface area (Å²) in [6.07, 6.45) is 1.72. The number of rotatable bonds is 2. The minimum Gasteiger partial charge on any atom is -0.300 e. The molecule has 25 heavy (non-hydrogen) atoms. The molecule has 0 spiro atoms. The lowest BCUT2D eigenvalue weighted by Crippen LogP contribution is -2.19. The van der Waals surface area contributed by atoms with Gasteiger partial charge in [-0.1, -0.05) is 42.5 Å². The summed E-state index contributed by atoms with van der Waals surface area (Å²) in [5.41, 5.74) is 1.55. The number of fused-ring (bicyclic) bond motifs is 1. The van der Waals surface area contributed by atoms with Crippen LogP contribution in [0.25, 0.3) is 16.8 Å². The lowest BCUT2D eigenvalue weighted by molar-refractivity contribution is -0.115. The number of benzene rings is 3. The molecule has 1 saturated heterocycles. The largest absolute Gasteiger partial charge is 0.300 e. The standard InChI is InChI=1S/C20H13FN2OS/c21-16-8-5-13(6-9-16)11-18-19(24)23-20(25-18)22-17-10-7-14-3-1-2-4-15(14)12-17/h1-12H,(H,22,23,24)/b18-11-. The molecule has 4 rings (SSSR count). The van der Waals surface area contributed by atoms with Crippen molar-refractivity contribution in [2.45, 2.75) is 0 Å². The van der Waals surface area contributed by atoms with Gasteiger partial charge < -0.3 is 5.32 Å². The highest BCUT2D eigenvalue weighted by atomic mass is 32.2. The van der Waals surface area contributed by atoms with Gasteiger partial charge in [-0.2, -0.15) is 0 Å². The average molecular weight is 348 g/mol. The first-order valence-corrected chi connectivity index (χ1v) is 8.53. The summed E-state index contributed by atoms with van der Waals surface area (Å²) in [7, 11) is 0. The molecule has 1 fully saturated rings. The van der Waals surface area contributed by atoms with Gasteiger partial charge in [-0.15, -0.1) is 0 Å². The zero-order valence-electron chi connectivity index (χ0n) is 13.1. The van der Waals surface area contributed by atoms with Crippen molar-refractivity contribution in [1.29, 1.82) is 0 Å². The number of nitrogens with one attached hydrogen (secondary N) is 1. The van der Waals surface area contributed by atoms with Crippen LogP contribution >= 0.6 is 11.8 Å². The predicted octanol–water partition coefficient (Wildman–Crippen LogP) is 4.87. The Kier molecular flexibility index (Phi) is 4.07. The van der Waals surface area contributed by atoms with E-state index in [-0.39, 0.29) is 11.7 Å². The van der Waals surface area contributed by atoms with E-state index in [0.29, 0.717) is 10.1 Å². The minimum atomic E-state index is -0.302. The number of nitrogens with zero attached hydrogens (tertiary/aromatic N) is 1. The molecule has 3 nitrogen and oxygen atoms in total. The molecule has 0 saturated carbocycles. The topological polar surface area (TPSA) is 41.5 Å². The maximum atomic E-state index is 13.0. The van der Waals surface area contributed by atoms with E-state index in [1.807, 2.05) is 42.5 Å². The molecule has 1 aliphatic rings. The number of carbonyl (C=O) groups is 1. The maximum absolute atomic E-state index is 13.0. The van der Waals surface area contributed by atoms with Crippen molar-refractivity contribution in [2.75, 3.05) is 0 Å². The number of hydrogen-bond acceptors (Lipinski definition) is 3. The fourth-order valence-corrected chi connectivity index (χ4v) is 3.40. The first kappa shape index (κ1) is 15.6. The quantitative estimate of drug-likeness (QED) is 0.671. The van der Waals surface area contributed by atoms with Crippen molar-refractivity contribution in [3.63, 3.8) is 0 Å². The first-order valence-electron chi connectivity index (χ1n) is 7.71. The van der Waals surface area contributed by atoms with Gasteiger partial charge in [0.05, 0.1) is 10.6 Å². The van der Waals surface area contributed by atoms with Gasteiger partial charge in [0.1, 0.15) is 5.82 Å². The molecule has 0 radical (unpaired) electrons. The van der Waals surface area contributed by atoms with Crippen molar-refractivity contribution in [3.8, 4) is 0 Å². The van der Waals surface area contributed by atoms with Gasteiger partial charge in [-0.3, -0.25) is 4.79 Å². The summed E-state index contributed by atoms with van der Waals surface area (Å²) < 4.78 is 13.0. The molecule has 3 aromatic rings. The average Bonchev–Trinajstić information content (AvgIpc) is 2.96. The molecule has 0 bridgehead atoms. The van der Waals surface area contributed by atoms with E-state index in [0.717, 1.165) is 22.0 Å². The zero-order chi connectivity index (χ0) is 17.2. The van der Waals surface area contributed by atoms with E-state index in [9.17, 15) is 9.18 Å². The van der Waals surface area contributed by atoms with Gasteiger partial charge in [-0.25, -0.2) is 9.38 Å². The van der Waals surface area contributed by atoms with Gasteiger partial charge in [0.15, 0.2) is 5.17 Å². The fourth-order valence-electron chi connectivity index (χ4n) is 2.55. The van der Waals surface area contributed by atoms with Gasteiger partial charge >= 0.3 is 0 Å². The number of thioether (sulfide) groups is 1. The van der Waals surface area contributed by atoms with Gasteiger partial charge in [-0.05, 0) is 58.4 Å². The van der Waals surface area contributed by atoms with Crippen LogP contribution < -0.4 is 5.32 Å². The van der Waals surface area contributed by atoms with E-state index < -0.39 is 0 Å². The van der Waals surface area contributed by atoms with E-state index in [4.69, 9.17) is 0 Å². The molecule has 3 aromatic carbocycles. The van der Waals surface area contributed by atoms with Crippen LogP contribution in [-0.2, 0) is 4.79 Å².